The van der Waals surface area contributed by atoms with Crippen molar-refractivity contribution in [1.29, 1.82) is 0 Å². The van der Waals surface area contributed by atoms with Crippen molar-refractivity contribution in [2.45, 2.75) is 18.8 Å². The first-order valence-corrected chi connectivity index (χ1v) is 6.65. The van der Waals surface area contributed by atoms with Crippen LogP contribution in [0.25, 0.3) is 0 Å². The van der Waals surface area contributed by atoms with E-state index in [2.05, 4.69) is 26.0 Å². The average molecular weight is 246 g/mol. The highest BCUT2D eigenvalue weighted by molar-refractivity contribution is 7.08. The molecule has 0 aliphatic heterocycles. The monoisotopic (exact) mass is 246 g/mol. The maximum atomic E-state index is 4.56. The largest absolute Gasteiger partial charge is 0.373 e. The Bertz CT molecular complexity index is 505. The summed E-state index contributed by atoms with van der Waals surface area (Å²) in [6.07, 6.45) is 2.43. The van der Waals surface area contributed by atoms with Crippen molar-refractivity contribution < 1.29 is 0 Å². The second kappa shape index (κ2) is 4.33. The lowest BCUT2D eigenvalue weighted by molar-refractivity contribution is 0.932. The van der Waals surface area contributed by atoms with Gasteiger partial charge in [-0.3, -0.25) is 0 Å². The summed E-state index contributed by atoms with van der Waals surface area (Å²) in [5.41, 5.74) is 1.08. The Labute approximate surface area is 104 Å². The molecule has 1 fully saturated rings. The standard InChI is InChI=1S/C12H14N4S/c1-13-10-6-11(14-9-4-5-17-7-9)16-12(15-10)8-2-3-8/h4-8H,2-3H2,1H3,(H2,13,14,15,16). The normalized spacial score (nSPS) is 14.6. The molecular formula is C12H14N4S. The molecule has 1 aliphatic carbocycles. The Kier molecular flexibility index (Phi) is 2.68. The highest BCUT2D eigenvalue weighted by Gasteiger charge is 2.27. The van der Waals surface area contributed by atoms with Crippen LogP contribution in [0.4, 0.5) is 17.3 Å². The number of thiophene rings is 1. The predicted molar refractivity (Wildman–Crippen MR) is 71.2 cm³/mol. The Morgan fingerprint density at radius 1 is 1.29 bits per heavy atom. The molecule has 0 radical (unpaired) electrons. The summed E-state index contributed by atoms with van der Waals surface area (Å²) in [6.45, 7) is 0. The summed E-state index contributed by atoms with van der Waals surface area (Å²) in [4.78, 5) is 9.04. The van der Waals surface area contributed by atoms with Crippen molar-refractivity contribution in [2.24, 2.45) is 0 Å². The summed E-state index contributed by atoms with van der Waals surface area (Å²) < 4.78 is 0. The summed E-state index contributed by atoms with van der Waals surface area (Å²) >= 11 is 1.67. The van der Waals surface area contributed by atoms with Crippen molar-refractivity contribution in [1.82, 2.24) is 9.97 Å². The average Bonchev–Trinajstić information content (AvgIpc) is 3.09. The van der Waals surface area contributed by atoms with E-state index < -0.39 is 0 Å². The fourth-order valence-electron chi connectivity index (χ4n) is 1.67. The number of nitrogens with one attached hydrogen (secondary N) is 2. The molecule has 0 atom stereocenters. The van der Waals surface area contributed by atoms with E-state index in [-0.39, 0.29) is 0 Å². The predicted octanol–water partition coefficient (Wildman–Crippen LogP) is 3.20. The first-order chi connectivity index (χ1) is 8.35. The maximum absolute atomic E-state index is 4.56. The van der Waals surface area contributed by atoms with Gasteiger partial charge in [-0.2, -0.15) is 11.3 Å². The van der Waals surface area contributed by atoms with E-state index in [4.69, 9.17) is 0 Å². The van der Waals surface area contributed by atoms with Crippen LogP contribution in [0.2, 0.25) is 0 Å². The van der Waals surface area contributed by atoms with Crippen molar-refractivity contribution in [3.05, 3.63) is 28.7 Å². The van der Waals surface area contributed by atoms with Crippen LogP contribution in [-0.2, 0) is 0 Å². The van der Waals surface area contributed by atoms with Gasteiger partial charge in [0.15, 0.2) is 0 Å². The molecule has 0 unspecified atom stereocenters. The van der Waals surface area contributed by atoms with E-state index in [9.17, 15) is 0 Å². The van der Waals surface area contributed by atoms with Crippen molar-refractivity contribution in [3.8, 4) is 0 Å². The number of nitrogens with zero attached hydrogens (tertiary/aromatic N) is 2. The lowest BCUT2D eigenvalue weighted by atomic mass is 10.3. The van der Waals surface area contributed by atoms with E-state index in [1.54, 1.807) is 11.3 Å². The summed E-state index contributed by atoms with van der Waals surface area (Å²) in [7, 11) is 1.88. The first-order valence-electron chi connectivity index (χ1n) is 5.71. The molecule has 3 rings (SSSR count). The van der Waals surface area contributed by atoms with Gasteiger partial charge >= 0.3 is 0 Å². The van der Waals surface area contributed by atoms with Gasteiger partial charge in [0.2, 0.25) is 0 Å². The minimum absolute atomic E-state index is 0.561. The third kappa shape index (κ3) is 2.39. The molecule has 0 saturated heterocycles. The molecule has 17 heavy (non-hydrogen) atoms. The third-order valence-corrected chi connectivity index (χ3v) is 3.42. The Morgan fingerprint density at radius 3 is 2.76 bits per heavy atom. The molecule has 4 nitrogen and oxygen atoms in total. The van der Waals surface area contributed by atoms with Gasteiger partial charge in [0.05, 0.1) is 5.69 Å². The van der Waals surface area contributed by atoms with Gasteiger partial charge in [-0.15, -0.1) is 0 Å². The second-order valence-electron chi connectivity index (χ2n) is 4.16. The molecule has 2 aromatic rings. The lowest BCUT2D eigenvalue weighted by Crippen LogP contribution is -2.02. The SMILES string of the molecule is CNc1cc(Nc2ccsc2)nc(C2CC2)n1. The number of rotatable bonds is 4. The van der Waals surface area contributed by atoms with E-state index in [0.29, 0.717) is 5.92 Å². The fraction of sp³-hybridized carbons (Fsp3) is 0.333. The third-order valence-electron chi connectivity index (χ3n) is 2.74. The van der Waals surface area contributed by atoms with Crippen molar-refractivity contribution >= 4 is 28.7 Å². The van der Waals surface area contributed by atoms with Gasteiger partial charge < -0.3 is 10.6 Å². The number of hydrogen-bond donors (Lipinski definition) is 2. The van der Waals surface area contributed by atoms with E-state index in [1.807, 2.05) is 24.6 Å². The van der Waals surface area contributed by atoms with Crippen LogP contribution in [0.5, 0.6) is 0 Å². The molecule has 2 heterocycles. The second-order valence-corrected chi connectivity index (χ2v) is 4.94. The maximum Gasteiger partial charge on any atom is 0.136 e. The molecule has 88 valence electrons. The summed E-state index contributed by atoms with van der Waals surface area (Å²) in [6, 6.07) is 3.98. The van der Waals surface area contributed by atoms with E-state index in [1.165, 1.54) is 12.8 Å². The van der Waals surface area contributed by atoms with Crippen LogP contribution in [0.1, 0.15) is 24.6 Å². The molecule has 0 spiro atoms. The van der Waals surface area contributed by atoms with Crippen LogP contribution in [-0.4, -0.2) is 17.0 Å². The van der Waals surface area contributed by atoms with Gasteiger partial charge in [-0.1, -0.05) is 0 Å². The summed E-state index contributed by atoms with van der Waals surface area (Å²) in [5.74, 6) is 3.25. The topological polar surface area (TPSA) is 49.8 Å². The molecule has 2 N–H and O–H groups in total. The lowest BCUT2D eigenvalue weighted by Gasteiger charge is -2.08. The number of aromatic nitrogens is 2. The molecule has 5 heteroatoms. The quantitative estimate of drug-likeness (QED) is 0.869. The number of anilines is 3. The van der Waals surface area contributed by atoms with Gasteiger partial charge in [-0.25, -0.2) is 9.97 Å². The van der Waals surface area contributed by atoms with Crippen LogP contribution < -0.4 is 10.6 Å². The van der Waals surface area contributed by atoms with Gasteiger partial charge in [0, 0.05) is 24.4 Å². The minimum atomic E-state index is 0.561. The molecule has 1 saturated carbocycles. The molecule has 0 bridgehead atoms. The van der Waals surface area contributed by atoms with Gasteiger partial charge in [0.25, 0.3) is 0 Å². The zero-order chi connectivity index (χ0) is 11.7. The molecule has 2 aromatic heterocycles. The molecule has 0 amide bonds. The number of hydrogen-bond acceptors (Lipinski definition) is 5. The smallest absolute Gasteiger partial charge is 0.136 e. The minimum Gasteiger partial charge on any atom is -0.373 e. The Balaban J connectivity index is 1.89. The van der Waals surface area contributed by atoms with Gasteiger partial charge in [0.1, 0.15) is 17.5 Å². The highest BCUT2D eigenvalue weighted by atomic mass is 32.1. The van der Waals surface area contributed by atoms with Crippen LogP contribution in [0.3, 0.4) is 0 Å². The van der Waals surface area contributed by atoms with E-state index >= 15 is 0 Å². The first kappa shape index (κ1) is 10.5. The van der Waals surface area contributed by atoms with Crippen LogP contribution in [0, 0.1) is 0 Å². The molecule has 1 aliphatic rings. The zero-order valence-electron chi connectivity index (χ0n) is 9.60. The Morgan fingerprint density at radius 2 is 2.12 bits per heavy atom. The van der Waals surface area contributed by atoms with Gasteiger partial charge in [-0.05, 0) is 24.3 Å². The zero-order valence-corrected chi connectivity index (χ0v) is 10.4. The van der Waals surface area contributed by atoms with Crippen molar-refractivity contribution in [3.63, 3.8) is 0 Å². The summed E-state index contributed by atoms with van der Waals surface area (Å²) in [5, 5.41) is 10.5. The van der Waals surface area contributed by atoms with E-state index in [0.717, 1.165) is 23.1 Å². The van der Waals surface area contributed by atoms with Crippen LogP contribution >= 0.6 is 11.3 Å². The fourth-order valence-corrected chi connectivity index (χ4v) is 2.25. The van der Waals surface area contributed by atoms with Crippen LogP contribution in [0.15, 0.2) is 22.9 Å². The molecule has 0 aromatic carbocycles. The highest BCUT2D eigenvalue weighted by Crippen LogP contribution is 2.39. The Hall–Kier alpha value is -1.62. The van der Waals surface area contributed by atoms with Crippen molar-refractivity contribution in [2.75, 3.05) is 17.7 Å². The molecular weight excluding hydrogens is 232 g/mol.